The summed E-state index contributed by atoms with van der Waals surface area (Å²) in [5.41, 5.74) is 6.76. The van der Waals surface area contributed by atoms with E-state index in [2.05, 4.69) is 14.9 Å². The van der Waals surface area contributed by atoms with E-state index < -0.39 is 0 Å². The summed E-state index contributed by atoms with van der Waals surface area (Å²) in [7, 11) is 0. The average Bonchev–Trinajstić information content (AvgIpc) is 2.23. The first kappa shape index (κ1) is 9.24. The summed E-state index contributed by atoms with van der Waals surface area (Å²) in [6.07, 6.45) is 5.38. The summed E-state index contributed by atoms with van der Waals surface area (Å²) in [6.45, 7) is 4.17. The van der Waals surface area contributed by atoms with Gasteiger partial charge in [-0.2, -0.15) is 0 Å². The van der Waals surface area contributed by atoms with Gasteiger partial charge in [0.1, 0.15) is 18.0 Å². The van der Waals surface area contributed by atoms with Crippen LogP contribution in [-0.4, -0.2) is 23.1 Å². The van der Waals surface area contributed by atoms with Gasteiger partial charge in [-0.1, -0.05) is 0 Å². The number of hydrogen-bond acceptors (Lipinski definition) is 4. The third-order valence-electron chi connectivity index (χ3n) is 2.75. The number of nitrogens with zero attached hydrogens (tertiary/aromatic N) is 3. The molecule has 1 aliphatic rings. The second-order valence-electron chi connectivity index (χ2n) is 3.76. The Balaban J connectivity index is 2.26. The molecule has 0 aromatic carbocycles. The number of nitrogen functional groups attached to an aromatic ring is 1. The molecule has 76 valence electrons. The van der Waals surface area contributed by atoms with Crippen molar-refractivity contribution in [2.24, 2.45) is 0 Å². The van der Waals surface area contributed by atoms with Crippen molar-refractivity contribution < 1.29 is 0 Å². The van der Waals surface area contributed by atoms with Crippen LogP contribution in [0.3, 0.4) is 0 Å². The maximum Gasteiger partial charge on any atom is 0.137 e. The molecule has 0 unspecified atom stereocenters. The zero-order valence-corrected chi connectivity index (χ0v) is 8.53. The smallest absolute Gasteiger partial charge is 0.137 e. The van der Waals surface area contributed by atoms with E-state index in [1.165, 1.54) is 19.3 Å². The number of hydrogen-bond donors (Lipinski definition) is 1. The summed E-state index contributed by atoms with van der Waals surface area (Å²) in [5.74, 6) is 1.61. The predicted molar refractivity (Wildman–Crippen MR) is 57.2 cm³/mol. The minimum Gasteiger partial charge on any atom is -0.383 e. The van der Waals surface area contributed by atoms with Crippen molar-refractivity contribution in [1.82, 2.24) is 9.97 Å². The van der Waals surface area contributed by atoms with Gasteiger partial charge in [0, 0.05) is 18.7 Å². The van der Waals surface area contributed by atoms with E-state index in [1.807, 2.05) is 6.92 Å². The van der Waals surface area contributed by atoms with E-state index in [-0.39, 0.29) is 0 Å². The van der Waals surface area contributed by atoms with Crippen molar-refractivity contribution in [3.8, 4) is 0 Å². The Morgan fingerprint density at radius 1 is 1.21 bits per heavy atom. The topological polar surface area (TPSA) is 55.0 Å². The van der Waals surface area contributed by atoms with Gasteiger partial charge in [0.25, 0.3) is 0 Å². The summed E-state index contributed by atoms with van der Waals surface area (Å²) < 4.78 is 0. The predicted octanol–water partition coefficient (Wildman–Crippen LogP) is 1.36. The number of rotatable bonds is 1. The van der Waals surface area contributed by atoms with Crippen molar-refractivity contribution in [2.45, 2.75) is 26.2 Å². The lowest BCUT2D eigenvalue weighted by molar-refractivity contribution is 0.572. The number of anilines is 2. The molecule has 0 spiro atoms. The largest absolute Gasteiger partial charge is 0.383 e. The summed E-state index contributed by atoms with van der Waals surface area (Å²) in [6, 6.07) is 0. The van der Waals surface area contributed by atoms with Gasteiger partial charge in [-0.15, -0.1) is 0 Å². The maximum absolute atomic E-state index is 5.75. The Labute approximate surface area is 84.2 Å². The van der Waals surface area contributed by atoms with Crippen LogP contribution in [-0.2, 0) is 0 Å². The molecule has 0 saturated carbocycles. The molecule has 2 N–H and O–H groups in total. The lowest BCUT2D eigenvalue weighted by Gasteiger charge is -2.28. The van der Waals surface area contributed by atoms with Gasteiger partial charge in [-0.25, -0.2) is 9.97 Å². The summed E-state index contributed by atoms with van der Waals surface area (Å²) in [4.78, 5) is 10.6. The third-order valence-corrected chi connectivity index (χ3v) is 2.75. The van der Waals surface area contributed by atoms with Crippen molar-refractivity contribution in [3.05, 3.63) is 11.9 Å². The molecule has 1 aromatic rings. The fraction of sp³-hybridized carbons (Fsp3) is 0.600. The van der Waals surface area contributed by atoms with Crippen molar-refractivity contribution in [2.75, 3.05) is 23.7 Å². The summed E-state index contributed by atoms with van der Waals surface area (Å²) in [5, 5.41) is 0. The minimum atomic E-state index is 0.598. The molecular formula is C10H16N4. The average molecular weight is 192 g/mol. The molecule has 2 heterocycles. The van der Waals surface area contributed by atoms with Crippen molar-refractivity contribution in [3.63, 3.8) is 0 Å². The first-order chi connectivity index (χ1) is 6.79. The SMILES string of the molecule is Cc1c(N)ncnc1N1CCCCC1. The number of aromatic nitrogens is 2. The van der Waals surface area contributed by atoms with Crippen LogP contribution >= 0.6 is 0 Å². The summed E-state index contributed by atoms with van der Waals surface area (Å²) >= 11 is 0. The Morgan fingerprint density at radius 2 is 1.93 bits per heavy atom. The minimum absolute atomic E-state index is 0.598. The van der Waals surface area contributed by atoms with Crippen LogP contribution in [0.5, 0.6) is 0 Å². The Bertz CT molecular complexity index is 318. The number of piperidine rings is 1. The molecule has 0 bridgehead atoms. The zero-order valence-electron chi connectivity index (χ0n) is 8.53. The Kier molecular flexibility index (Phi) is 2.52. The maximum atomic E-state index is 5.75. The van der Waals surface area contributed by atoms with E-state index in [4.69, 9.17) is 5.73 Å². The molecule has 0 radical (unpaired) electrons. The van der Waals surface area contributed by atoms with Gasteiger partial charge in [-0.05, 0) is 26.2 Å². The molecule has 4 heteroatoms. The molecule has 2 rings (SSSR count). The highest BCUT2D eigenvalue weighted by molar-refractivity contribution is 5.55. The van der Waals surface area contributed by atoms with Crippen LogP contribution < -0.4 is 10.6 Å². The first-order valence-electron chi connectivity index (χ1n) is 5.11. The molecule has 0 amide bonds. The van der Waals surface area contributed by atoms with Gasteiger partial charge in [0.2, 0.25) is 0 Å². The Hall–Kier alpha value is -1.32. The highest BCUT2D eigenvalue weighted by Gasteiger charge is 2.15. The Morgan fingerprint density at radius 3 is 2.64 bits per heavy atom. The second-order valence-corrected chi connectivity index (χ2v) is 3.76. The lowest BCUT2D eigenvalue weighted by Crippen LogP contribution is -2.31. The first-order valence-corrected chi connectivity index (χ1v) is 5.11. The molecule has 1 aromatic heterocycles. The monoisotopic (exact) mass is 192 g/mol. The molecule has 1 saturated heterocycles. The van der Waals surface area contributed by atoms with Crippen LogP contribution in [0.15, 0.2) is 6.33 Å². The zero-order chi connectivity index (χ0) is 9.97. The van der Waals surface area contributed by atoms with E-state index in [0.29, 0.717) is 5.82 Å². The molecule has 1 fully saturated rings. The van der Waals surface area contributed by atoms with E-state index in [1.54, 1.807) is 6.33 Å². The van der Waals surface area contributed by atoms with Crippen LogP contribution in [0.4, 0.5) is 11.6 Å². The molecular weight excluding hydrogens is 176 g/mol. The quantitative estimate of drug-likeness (QED) is 0.730. The van der Waals surface area contributed by atoms with Crippen LogP contribution in [0.1, 0.15) is 24.8 Å². The lowest BCUT2D eigenvalue weighted by atomic mass is 10.1. The molecule has 0 atom stereocenters. The van der Waals surface area contributed by atoms with E-state index in [9.17, 15) is 0 Å². The molecule has 1 aliphatic heterocycles. The fourth-order valence-electron chi connectivity index (χ4n) is 1.88. The van der Waals surface area contributed by atoms with Gasteiger partial charge in [-0.3, -0.25) is 0 Å². The highest BCUT2D eigenvalue weighted by Crippen LogP contribution is 2.23. The van der Waals surface area contributed by atoms with Gasteiger partial charge < -0.3 is 10.6 Å². The number of nitrogens with two attached hydrogens (primary N) is 1. The molecule has 4 nitrogen and oxygen atoms in total. The van der Waals surface area contributed by atoms with E-state index in [0.717, 1.165) is 24.5 Å². The molecule has 14 heavy (non-hydrogen) atoms. The van der Waals surface area contributed by atoms with Crippen LogP contribution in [0.2, 0.25) is 0 Å². The highest BCUT2D eigenvalue weighted by atomic mass is 15.2. The molecule has 0 aliphatic carbocycles. The fourth-order valence-corrected chi connectivity index (χ4v) is 1.88. The normalized spacial score (nSPS) is 17.1. The van der Waals surface area contributed by atoms with Gasteiger partial charge in [0.15, 0.2) is 0 Å². The van der Waals surface area contributed by atoms with Crippen molar-refractivity contribution >= 4 is 11.6 Å². The standard InChI is InChI=1S/C10H16N4/c1-8-9(11)12-7-13-10(8)14-5-3-2-4-6-14/h7H,2-6H2,1H3,(H2,11,12,13). The van der Waals surface area contributed by atoms with Gasteiger partial charge in [0.05, 0.1) is 0 Å². The van der Waals surface area contributed by atoms with Crippen LogP contribution in [0, 0.1) is 6.92 Å². The van der Waals surface area contributed by atoms with Gasteiger partial charge >= 0.3 is 0 Å². The van der Waals surface area contributed by atoms with Crippen molar-refractivity contribution in [1.29, 1.82) is 0 Å². The second kappa shape index (κ2) is 3.82. The van der Waals surface area contributed by atoms with E-state index >= 15 is 0 Å². The third kappa shape index (κ3) is 1.64. The van der Waals surface area contributed by atoms with Crippen LogP contribution in [0.25, 0.3) is 0 Å².